The van der Waals surface area contributed by atoms with Crippen molar-refractivity contribution in [1.29, 1.82) is 0 Å². The van der Waals surface area contributed by atoms with Crippen molar-refractivity contribution in [3.63, 3.8) is 0 Å². The van der Waals surface area contributed by atoms with E-state index in [1.165, 1.54) is 0 Å². The maximum atomic E-state index is 11.9. The van der Waals surface area contributed by atoms with E-state index in [0.717, 1.165) is 18.4 Å². The van der Waals surface area contributed by atoms with Gasteiger partial charge in [-0.3, -0.25) is 4.79 Å². The average molecular weight is 237 g/mol. The third-order valence-electron chi connectivity index (χ3n) is 2.52. The smallest absolute Gasteiger partial charge is 0.201 e. The van der Waals surface area contributed by atoms with Crippen molar-refractivity contribution in [1.82, 2.24) is 0 Å². The zero-order chi connectivity index (χ0) is 11.4. The van der Waals surface area contributed by atoms with Crippen LogP contribution in [0.25, 0.3) is 0 Å². The molecule has 0 fully saturated rings. The predicted molar refractivity (Wildman–Crippen MR) is 63.4 cm³/mol. The van der Waals surface area contributed by atoms with Gasteiger partial charge in [0.15, 0.2) is 5.76 Å². The third kappa shape index (κ3) is 2.64. The summed E-state index contributed by atoms with van der Waals surface area (Å²) in [7, 11) is 0. The molecule has 0 bridgehead atoms. The number of hydrogen-bond donors (Lipinski definition) is 0. The van der Waals surface area contributed by atoms with Crippen LogP contribution in [-0.4, -0.2) is 12.4 Å². The molecule has 2 nitrogen and oxygen atoms in total. The quantitative estimate of drug-likeness (QED) is 0.806. The lowest BCUT2D eigenvalue weighted by Crippen LogP contribution is -2.13. The van der Waals surface area contributed by atoms with E-state index in [2.05, 4.69) is 0 Å². The lowest BCUT2D eigenvalue weighted by atomic mass is 10.1. The summed E-state index contributed by atoms with van der Waals surface area (Å²) in [5, 5.41) is 0.632. The van der Waals surface area contributed by atoms with E-state index >= 15 is 0 Å². The maximum absolute atomic E-state index is 11.9. The van der Waals surface area contributed by atoms with Gasteiger partial charge >= 0.3 is 0 Å². The van der Waals surface area contributed by atoms with E-state index in [1.807, 2.05) is 24.3 Å². The van der Waals surface area contributed by atoms with Crippen molar-refractivity contribution >= 4 is 17.4 Å². The maximum Gasteiger partial charge on any atom is 0.201 e. The molecule has 0 aliphatic carbocycles. The molecule has 84 valence electrons. The van der Waals surface area contributed by atoms with Crippen LogP contribution >= 0.6 is 11.6 Å². The number of ketones is 1. The fourth-order valence-corrected chi connectivity index (χ4v) is 1.86. The van der Waals surface area contributed by atoms with Crippen LogP contribution in [0.15, 0.2) is 36.1 Å². The van der Waals surface area contributed by atoms with Crippen LogP contribution in [0, 0.1) is 0 Å². The summed E-state index contributed by atoms with van der Waals surface area (Å²) < 4.78 is 5.32. The van der Waals surface area contributed by atoms with Gasteiger partial charge in [0.05, 0.1) is 6.61 Å². The fraction of sp³-hybridized carbons (Fsp3) is 0.308. The number of hydrogen-bond acceptors (Lipinski definition) is 2. The van der Waals surface area contributed by atoms with Crippen LogP contribution in [0.2, 0.25) is 5.02 Å². The predicted octanol–water partition coefficient (Wildman–Crippen LogP) is 3.15. The summed E-state index contributed by atoms with van der Waals surface area (Å²) >= 11 is 5.99. The molecule has 0 saturated heterocycles. The molecule has 1 aliphatic rings. The van der Waals surface area contributed by atoms with Crippen LogP contribution in [0.4, 0.5) is 0 Å². The Balaban J connectivity index is 2.07. The van der Waals surface area contributed by atoms with Crippen molar-refractivity contribution in [2.24, 2.45) is 0 Å². The van der Waals surface area contributed by atoms with Gasteiger partial charge in [-0.2, -0.15) is 0 Å². The van der Waals surface area contributed by atoms with Gasteiger partial charge in [0.25, 0.3) is 0 Å². The molecule has 0 N–H and O–H groups in total. The molecule has 1 heterocycles. The summed E-state index contributed by atoms with van der Waals surface area (Å²) in [6.45, 7) is 0.639. The molecule has 0 unspecified atom stereocenters. The SMILES string of the molecule is O=C(Cc1ccccc1Cl)C1=CCCCO1. The summed E-state index contributed by atoms with van der Waals surface area (Å²) in [6, 6.07) is 7.39. The third-order valence-corrected chi connectivity index (χ3v) is 2.89. The Labute approximate surface area is 99.9 Å². The van der Waals surface area contributed by atoms with Gasteiger partial charge in [0.2, 0.25) is 5.78 Å². The highest BCUT2D eigenvalue weighted by atomic mass is 35.5. The van der Waals surface area contributed by atoms with Gasteiger partial charge in [0.1, 0.15) is 0 Å². The van der Waals surface area contributed by atoms with E-state index in [1.54, 1.807) is 6.07 Å². The second kappa shape index (κ2) is 5.17. The first-order valence-corrected chi connectivity index (χ1v) is 5.75. The number of Topliss-reactive ketones (excluding diaryl/α,β-unsaturated/α-hetero) is 1. The Morgan fingerprint density at radius 1 is 1.38 bits per heavy atom. The van der Waals surface area contributed by atoms with Crippen molar-refractivity contribution in [3.05, 3.63) is 46.7 Å². The molecular weight excluding hydrogens is 224 g/mol. The standard InChI is InChI=1S/C13H13ClO2/c14-11-6-2-1-5-10(11)9-12(15)13-7-3-4-8-16-13/h1-2,5-7H,3-4,8-9H2. The van der Waals surface area contributed by atoms with Crippen molar-refractivity contribution in [2.75, 3.05) is 6.61 Å². The van der Waals surface area contributed by atoms with E-state index in [4.69, 9.17) is 16.3 Å². The van der Waals surface area contributed by atoms with Crippen molar-refractivity contribution < 1.29 is 9.53 Å². The highest BCUT2D eigenvalue weighted by Crippen LogP contribution is 2.19. The number of ether oxygens (including phenoxy) is 1. The second-order valence-electron chi connectivity index (χ2n) is 3.75. The molecule has 3 heteroatoms. The molecule has 1 aromatic carbocycles. The molecule has 16 heavy (non-hydrogen) atoms. The van der Waals surface area contributed by atoms with Gasteiger partial charge < -0.3 is 4.74 Å². The highest BCUT2D eigenvalue weighted by molar-refractivity contribution is 6.31. The fourth-order valence-electron chi connectivity index (χ4n) is 1.65. The first-order valence-electron chi connectivity index (χ1n) is 5.37. The Bertz CT molecular complexity index is 424. The lowest BCUT2D eigenvalue weighted by Gasteiger charge is -2.13. The van der Waals surface area contributed by atoms with Gasteiger partial charge in [-0.15, -0.1) is 0 Å². The lowest BCUT2D eigenvalue weighted by molar-refractivity contribution is -0.118. The summed E-state index contributed by atoms with van der Waals surface area (Å²) in [4.78, 5) is 11.9. The van der Waals surface area contributed by atoms with Crippen molar-refractivity contribution in [3.8, 4) is 0 Å². The van der Waals surface area contributed by atoms with Crippen LogP contribution in [0.3, 0.4) is 0 Å². The Kier molecular flexibility index (Phi) is 3.62. The number of allylic oxidation sites excluding steroid dienone is 2. The second-order valence-corrected chi connectivity index (χ2v) is 4.16. The number of halogens is 1. The molecular formula is C13H13ClO2. The average Bonchev–Trinajstić information content (AvgIpc) is 2.33. The first-order chi connectivity index (χ1) is 7.77. The van der Waals surface area contributed by atoms with Crippen LogP contribution in [0.5, 0.6) is 0 Å². The monoisotopic (exact) mass is 236 g/mol. The van der Waals surface area contributed by atoms with Crippen LogP contribution in [0.1, 0.15) is 18.4 Å². The minimum atomic E-state index is 0.00722. The molecule has 0 aromatic heterocycles. The topological polar surface area (TPSA) is 26.3 Å². The minimum Gasteiger partial charge on any atom is -0.490 e. The largest absolute Gasteiger partial charge is 0.490 e. The van der Waals surface area contributed by atoms with Gasteiger partial charge in [-0.25, -0.2) is 0 Å². The van der Waals surface area contributed by atoms with Gasteiger partial charge in [-0.05, 0) is 30.5 Å². The Morgan fingerprint density at radius 2 is 2.19 bits per heavy atom. The van der Waals surface area contributed by atoms with Crippen LogP contribution in [-0.2, 0) is 16.0 Å². The summed E-state index contributed by atoms with van der Waals surface area (Å²) in [6.07, 6.45) is 4.08. The molecule has 0 amide bonds. The first kappa shape index (κ1) is 11.2. The van der Waals surface area contributed by atoms with E-state index in [9.17, 15) is 4.79 Å². The van der Waals surface area contributed by atoms with Crippen LogP contribution < -0.4 is 0 Å². The minimum absolute atomic E-state index is 0.00722. The van der Waals surface area contributed by atoms with E-state index in [0.29, 0.717) is 23.8 Å². The number of rotatable bonds is 3. The molecule has 0 atom stereocenters. The molecule has 0 spiro atoms. The molecule has 2 rings (SSSR count). The van der Waals surface area contributed by atoms with E-state index < -0.39 is 0 Å². The van der Waals surface area contributed by atoms with Gasteiger partial charge in [-0.1, -0.05) is 29.8 Å². The number of benzene rings is 1. The number of carbonyl (C=O) groups is 1. The molecule has 1 aromatic rings. The Hall–Kier alpha value is -1.28. The number of carbonyl (C=O) groups excluding carboxylic acids is 1. The summed E-state index contributed by atoms with van der Waals surface area (Å²) in [5.74, 6) is 0.499. The zero-order valence-electron chi connectivity index (χ0n) is 8.91. The molecule has 1 aliphatic heterocycles. The Morgan fingerprint density at radius 3 is 2.88 bits per heavy atom. The highest BCUT2D eigenvalue weighted by Gasteiger charge is 2.15. The zero-order valence-corrected chi connectivity index (χ0v) is 9.67. The molecule has 0 saturated carbocycles. The van der Waals surface area contributed by atoms with E-state index in [-0.39, 0.29) is 5.78 Å². The summed E-state index contributed by atoms with van der Waals surface area (Å²) in [5.41, 5.74) is 0.851. The van der Waals surface area contributed by atoms with Crippen molar-refractivity contribution in [2.45, 2.75) is 19.3 Å². The van der Waals surface area contributed by atoms with Gasteiger partial charge in [0, 0.05) is 11.4 Å². The molecule has 0 radical (unpaired) electrons. The normalized spacial score (nSPS) is 15.2.